The number of fused-ring (bicyclic) bond motifs is 2. The van der Waals surface area contributed by atoms with Gasteiger partial charge >= 0.3 is 0 Å². The van der Waals surface area contributed by atoms with Gasteiger partial charge in [-0.25, -0.2) is 0 Å². The molecule has 3 aromatic rings. The van der Waals surface area contributed by atoms with Gasteiger partial charge in [0.25, 0.3) is 11.8 Å². The molecule has 0 bridgehead atoms. The Morgan fingerprint density at radius 2 is 1.75 bits per heavy atom. The lowest BCUT2D eigenvalue weighted by atomic mass is 10.1. The summed E-state index contributed by atoms with van der Waals surface area (Å²) < 4.78 is 5.73. The molecular weight excluding hydrogens is 454 g/mol. The number of para-hydroxylation sites is 3. The Morgan fingerprint density at radius 1 is 1.00 bits per heavy atom. The molecule has 184 valence electrons. The SMILES string of the molecule is CCCOc1ccccc1NC(=O)c1ccc(CN2C(=O)C3CCCN3C(=O)c3ccccc32)cc1. The fraction of sp³-hybridized carbons (Fsp3) is 0.276. The fourth-order valence-corrected chi connectivity index (χ4v) is 4.82. The highest BCUT2D eigenvalue weighted by Gasteiger charge is 2.41. The Morgan fingerprint density at radius 3 is 2.56 bits per heavy atom. The number of nitrogens with one attached hydrogen (secondary N) is 1. The molecule has 2 aliphatic rings. The molecule has 0 radical (unpaired) electrons. The number of anilines is 2. The summed E-state index contributed by atoms with van der Waals surface area (Å²) in [5.41, 5.74) is 3.18. The van der Waals surface area contributed by atoms with Crippen molar-refractivity contribution in [2.45, 2.75) is 38.8 Å². The minimum Gasteiger partial charge on any atom is -0.491 e. The lowest BCUT2D eigenvalue weighted by molar-refractivity contribution is -0.122. The minimum atomic E-state index is -0.426. The van der Waals surface area contributed by atoms with Crippen molar-refractivity contribution in [3.8, 4) is 5.75 Å². The average molecular weight is 484 g/mol. The maximum absolute atomic E-state index is 13.5. The number of hydrogen-bond acceptors (Lipinski definition) is 4. The third-order valence-electron chi connectivity index (χ3n) is 6.64. The molecule has 2 heterocycles. The highest BCUT2D eigenvalue weighted by Crippen LogP contribution is 2.33. The lowest BCUT2D eigenvalue weighted by Gasteiger charge is -2.26. The summed E-state index contributed by atoms with van der Waals surface area (Å²) in [4.78, 5) is 42.9. The number of rotatable bonds is 7. The molecule has 3 aromatic carbocycles. The number of nitrogens with zero attached hydrogens (tertiary/aromatic N) is 2. The first-order valence-electron chi connectivity index (χ1n) is 12.4. The van der Waals surface area contributed by atoms with Crippen LogP contribution in [0.2, 0.25) is 0 Å². The van der Waals surface area contributed by atoms with Gasteiger partial charge in [-0.1, -0.05) is 43.3 Å². The highest BCUT2D eigenvalue weighted by molar-refractivity contribution is 6.11. The number of amides is 3. The second kappa shape index (κ2) is 10.2. The third-order valence-corrected chi connectivity index (χ3v) is 6.64. The number of ether oxygens (including phenoxy) is 1. The molecule has 0 spiro atoms. The average Bonchev–Trinajstić information content (AvgIpc) is 3.38. The van der Waals surface area contributed by atoms with E-state index in [0.29, 0.717) is 54.4 Å². The van der Waals surface area contributed by atoms with E-state index in [1.54, 1.807) is 28.0 Å². The molecule has 1 fully saturated rings. The third kappa shape index (κ3) is 4.56. The zero-order valence-corrected chi connectivity index (χ0v) is 20.3. The van der Waals surface area contributed by atoms with Gasteiger partial charge in [-0.3, -0.25) is 14.4 Å². The molecule has 1 atom stereocenters. The van der Waals surface area contributed by atoms with Gasteiger partial charge in [0.05, 0.1) is 30.1 Å². The van der Waals surface area contributed by atoms with Crippen LogP contribution in [0.15, 0.2) is 72.8 Å². The van der Waals surface area contributed by atoms with Crippen LogP contribution in [0, 0.1) is 0 Å². The Hall–Kier alpha value is -4.13. The second-order valence-electron chi connectivity index (χ2n) is 9.09. The Kier molecular flexibility index (Phi) is 6.71. The summed E-state index contributed by atoms with van der Waals surface area (Å²) in [6.07, 6.45) is 2.38. The largest absolute Gasteiger partial charge is 0.491 e. The van der Waals surface area contributed by atoms with Gasteiger partial charge in [0.2, 0.25) is 5.91 Å². The summed E-state index contributed by atoms with van der Waals surface area (Å²) in [6.45, 7) is 3.53. The van der Waals surface area contributed by atoms with E-state index in [2.05, 4.69) is 5.32 Å². The minimum absolute atomic E-state index is 0.0590. The van der Waals surface area contributed by atoms with Crippen LogP contribution in [0.25, 0.3) is 0 Å². The van der Waals surface area contributed by atoms with Crippen LogP contribution in [0.3, 0.4) is 0 Å². The lowest BCUT2D eigenvalue weighted by Crippen LogP contribution is -2.44. The van der Waals surface area contributed by atoms with E-state index in [-0.39, 0.29) is 17.7 Å². The van der Waals surface area contributed by atoms with Crippen molar-refractivity contribution in [1.29, 1.82) is 0 Å². The standard InChI is InChI=1S/C29H29N3O4/c1-2-18-36-26-12-6-4-9-23(26)30-27(33)21-15-13-20(14-16-21)19-32-24-10-5-3-8-22(24)28(34)31-17-7-11-25(31)29(32)35/h3-6,8-10,12-16,25H,2,7,11,17-19H2,1H3,(H,30,33). The topological polar surface area (TPSA) is 79.0 Å². The number of benzene rings is 3. The first kappa shape index (κ1) is 23.6. The first-order chi connectivity index (χ1) is 17.6. The highest BCUT2D eigenvalue weighted by atomic mass is 16.5. The summed E-state index contributed by atoms with van der Waals surface area (Å²) in [7, 11) is 0. The summed E-state index contributed by atoms with van der Waals surface area (Å²) in [5.74, 6) is 0.256. The van der Waals surface area contributed by atoms with E-state index in [1.807, 2.05) is 61.5 Å². The van der Waals surface area contributed by atoms with Crippen LogP contribution in [-0.4, -0.2) is 41.8 Å². The van der Waals surface area contributed by atoms with Gasteiger partial charge in [0.1, 0.15) is 11.8 Å². The zero-order valence-electron chi connectivity index (χ0n) is 20.3. The molecule has 0 aliphatic carbocycles. The molecule has 3 amide bonds. The monoisotopic (exact) mass is 483 g/mol. The van der Waals surface area contributed by atoms with E-state index in [0.717, 1.165) is 18.4 Å². The molecule has 36 heavy (non-hydrogen) atoms. The van der Waals surface area contributed by atoms with E-state index in [9.17, 15) is 14.4 Å². The van der Waals surface area contributed by atoms with Crippen LogP contribution in [0.1, 0.15) is 52.5 Å². The Bertz CT molecular complexity index is 1290. The van der Waals surface area contributed by atoms with Crippen molar-refractivity contribution >= 4 is 29.1 Å². The van der Waals surface area contributed by atoms with Gasteiger partial charge in [0.15, 0.2) is 0 Å². The van der Waals surface area contributed by atoms with E-state index < -0.39 is 6.04 Å². The maximum atomic E-state index is 13.5. The van der Waals surface area contributed by atoms with Crippen LogP contribution in [-0.2, 0) is 11.3 Å². The normalized spacial score (nSPS) is 16.9. The van der Waals surface area contributed by atoms with Crippen LogP contribution >= 0.6 is 0 Å². The second-order valence-corrected chi connectivity index (χ2v) is 9.09. The molecular formula is C29H29N3O4. The van der Waals surface area contributed by atoms with Crippen molar-refractivity contribution in [2.24, 2.45) is 0 Å². The molecule has 1 unspecified atom stereocenters. The zero-order chi connectivity index (χ0) is 25.1. The smallest absolute Gasteiger partial charge is 0.256 e. The van der Waals surface area contributed by atoms with Crippen molar-refractivity contribution < 1.29 is 19.1 Å². The number of carbonyl (C=O) groups is 3. The Balaban J connectivity index is 1.35. The molecule has 2 aliphatic heterocycles. The molecule has 5 rings (SSSR count). The maximum Gasteiger partial charge on any atom is 0.256 e. The van der Waals surface area contributed by atoms with Crippen molar-refractivity contribution in [3.05, 3.63) is 89.5 Å². The van der Waals surface area contributed by atoms with Crippen molar-refractivity contribution in [1.82, 2.24) is 4.90 Å². The molecule has 1 N–H and O–H groups in total. The van der Waals surface area contributed by atoms with Gasteiger partial charge in [-0.05, 0) is 61.2 Å². The molecule has 0 saturated carbocycles. The van der Waals surface area contributed by atoms with Crippen LogP contribution < -0.4 is 15.0 Å². The van der Waals surface area contributed by atoms with Gasteiger partial charge in [0, 0.05) is 12.1 Å². The van der Waals surface area contributed by atoms with Crippen molar-refractivity contribution in [2.75, 3.05) is 23.4 Å². The number of hydrogen-bond donors (Lipinski definition) is 1. The quantitative estimate of drug-likeness (QED) is 0.520. The predicted octanol–water partition coefficient (Wildman–Crippen LogP) is 4.88. The van der Waals surface area contributed by atoms with Crippen molar-refractivity contribution in [3.63, 3.8) is 0 Å². The van der Waals surface area contributed by atoms with E-state index in [1.165, 1.54) is 0 Å². The fourth-order valence-electron chi connectivity index (χ4n) is 4.82. The number of carbonyl (C=O) groups excluding carboxylic acids is 3. The molecule has 0 aromatic heterocycles. The van der Waals surface area contributed by atoms with Gasteiger partial charge in [-0.2, -0.15) is 0 Å². The van der Waals surface area contributed by atoms with E-state index >= 15 is 0 Å². The first-order valence-corrected chi connectivity index (χ1v) is 12.4. The van der Waals surface area contributed by atoms with Gasteiger partial charge in [-0.15, -0.1) is 0 Å². The molecule has 7 heteroatoms. The summed E-state index contributed by atoms with van der Waals surface area (Å²) >= 11 is 0. The summed E-state index contributed by atoms with van der Waals surface area (Å²) in [5, 5.41) is 2.92. The van der Waals surface area contributed by atoms with Crippen LogP contribution in [0.4, 0.5) is 11.4 Å². The molecule has 7 nitrogen and oxygen atoms in total. The Labute approximate surface area is 210 Å². The van der Waals surface area contributed by atoms with Crippen LogP contribution in [0.5, 0.6) is 5.75 Å². The molecule has 1 saturated heterocycles. The van der Waals surface area contributed by atoms with E-state index in [4.69, 9.17) is 4.74 Å². The predicted molar refractivity (Wildman–Crippen MR) is 138 cm³/mol. The van der Waals surface area contributed by atoms with Gasteiger partial charge < -0.3 is 19.9 Å². The summed E-state index contributed by atoms with van der Waals surface area (Å²) in [6, 6.07) is 21.4.